The van der Waals surface area contributed by atoms with Crippen molar-refractivity contribution in [2.45, 2.75) is 26.3 Å². The normalized spacial score (nSPS) is 16.1. The summed E-state index contributed by atoms with van der Waals surface area (Å²) >= 11 is 6.06. The standard InChI is InChI=1S/C21H22ClN3O2/c1-14-3-2-10-25-18(13-24-11-8-16(9-12-24)21(26)27)19(23-20(14)25)15-4-6-17(22)7-5-15/h2-7,10,16H,8-9,11-13H2,1H3,(H,26,27). The molecule has 2 aromatic heterocycles. The van der Waals surface area contributed by atoms with Gasteiger partial charge in [0.25, 0.3) is 0 Å². The van der Waals surface area contributed by atoms with Crippen LogP contribution in [0, 0.1) is 12.8 Å². The molecule has 4 rings (SSSR count). The third-order valence-electron chi connectivity index (χ3n) is 5.37. The molecule has 0 aliphatic carbocycles. The number of piperidine rings is 1. The molecule has 1 N–H and O–H groups in total. The van der Waals surface area contributed by atoms with Crippen molar-refractivity contribution in [3.63, 3.8) is 0 Å². The molecule has 1 fully saturated rings. The van der Waals surface area contributed by atoms with Crippen LogP contribution in [0.4, 0.5) is 0 Å². The molecule has 0 saturated carbocycles. The van der Waals surface area contributed by atoms with Crippen molar-refractivity contribution < 1.29 is 9.90 Å². The lowest BCUT2D eigenvalue weighted by molar-refractivity contribution is -0.143. The second-order valence-corrected chi connectivity index (χ2v) is 7.62. The van der Waals surface area contributed by atoms with E-state index in [1.54, 1.807) is 0 Å². The number of rotatable bonds is 4. The highest BCUT2D eigenvalue weighted by molar-refractivity contribution is 6.30. The van der Waals surface area contributed by atoms with Crippen molar-refractivity contribution >= 4 is 23.2 Å². The maximum Gasteiger partial charge on any atom is 0.306 e. The van der Waals surface area contributed by atoms with Crippen LogP contribution in [0.15, 0.2) is 42.6 Å². The second-order valence-electron chi connectivity index (χ2n) is 7.19. The van der Waals surface area contributed by atoms with Gasteiger partial charge in [0, 0.05) is 23.3 Å². The van der Waals surface area contributed by atoms with Crippen LogP contribution in [-0.2, 0) is 11.3 Å². The maximum atomic E-state index is 11.2. The number of aromatic nitrogens is 2. The van der Waals surface area contributed by atoms with Gasteiger partial charge in [0.15, 0.2) is 0 Å². The van der Waals surface area contributed by atoms with Gasteiger partial charge in [-0.3, -0.25) is 9.69 Å². The number of likely N-dealkylation sites (tertiary alicyclic amines) is 1. The number of carbonyl (C=O) groups is 1. The Kier molecular flexibility index (Phi) is 4.89. The van der Waals surface area contributed by atoms with Crippen LogP contribution in [0.3, 0.4) is 0 Å². The van der Waals surface area contributed by atoms with E-state index < -0.39 is 5.97 Å². The molecule has 0 amide bonds. The summed E-state index contributed by atoms with van der Waals surface area (Å²) in [6.45, 7) is 4.39. The largest absolute Gasteiger partial charge is 0.481 e. The predicted octanol–water partition coefficient (Wildman–Crippen LogP) is 4.26. The van der Waals surface area contributed by atoms with Crippen LogP contribution >= 0.6 is 11.6 Å². The van der Waals surface area contributed by atoms with Crippen molar-refractivity contribution in [3.05, 3.63) is 58.9 Å². The minimum absolute atomic E-state index is 0.221. The quantitative estimate of drug-likeness (QED) is 0.731. The van der Waals surface area contributed by atoms with Crippen molar-refractivity contribution in [3.8, 4) is 11.3 Å². The predicted molar refractivity (Wildman–Crippen MR) is 106 cm³/mol. The molecule has 0 radical (unpaired) electrons. The van der Waals surface area contributed by atoms with Gasteiger partial charge in [-0.25, -0.2) is 4.98 Å². The molecule has 0 atom stereocenters. The van der Waals surface area contributed by atoms with E-state index >= 15 is 0 Å². The van der Waals surface area contributed by atoms with Crippen molar-refractivity contribution in [1.82, 2.24) is 14.3 Å². The van der Waals surface area contributed by atoms with Gasteiger partial charge in [0.1, 0.15) is 5.65 Å². The number of benzene rings is 1. The van der Waals surface area contributed by atoms with Gasteiger partial charge in [-0.15, -0.1) is 0 Å². The molecule has 0 unspecified atom stereocenters. The number of pyridine rings is 1. The van der Waals surface area contributed by atoms with Gasteiger partial charge >= 0.3 is 5.97 Å². The molecular weight excluding hydrogens is 362 g/mol. The summed E-state index contributed by atoms with van der Waals surface area (Å²) < 4.78 is 2.16. The Hall–Kier alpha value is -2.37. The van der Waals surface area contributed by atoms with E-state index in [2.05, 4.69) is 22.3 Å². The Labute approximate surface area is 163 Å². The smallest absolute Gasteiger partial charge is 0.306 e. The minimum Gasteiger partial charge on any atom is -0.481 e. The second kappa shape index (κ2) is 7.33. The first-order valence-corrected chi connectivity index (χ1v) is 9.58. The molecule has 140 valence electrons. The first-order valence-electron chi connectivity index (χ1n) is 9.20. The lowest BCUT2D eigenvalue weighted by atomic mass is 9.97. The summed E-state index contributed by atoms with van der Waals surface area (Å²) in [7, 11) is 0. The lowest BCUT2D eigenvalue weighted by Gasteiger charge is -2.30. The zero-order valence-electron chi connectivity index (χ0n) is 15.2. The van der Waals surface area contributed by atoms with Gasteiger partial charge in [-0.2, -0.15) is 0 Å². The number of fused-ring (bicyclic) bond motifs is 1. The Bertz CT molecular complexity index is 973. The van der Waals surface area contributed by atoms with Crippen molar-refractivity contribution in [1.29, 1.82) is 0 Å². The summed E-state index contributed by atoms with van der Waals surface area (Å²) in [6, 6.07) is 11.9. The van der Waals surface area contributed by atoms with E-state index in [-0.39, 0.29) is 5.92 Å². The fraction of sp³-hybridized carbons (Fsp3) is 0.333. The summed E-state index contributed by atoms with van der Waals surface area (Å²) in [4.78, 5) is 18.5. The SMILES string of the molecule is Cc1cccn2c(CN3CCC(C(=O)O)CC3)c(-c3ccc(Cl)cc3)nc12. The molecular formula is C21H22ClN3O2. The number of hydrogen-bond acceptors (Lipinski definition) is 3. The highest BCUT2D eigenvalue weighted by Crippen LogP contribution is 2.29. The zero-order valence-corrected chi connectivity index (χ0v) is 16.0. The van der Waals surface area contributed by atoms with Crippen LogP contribution in [0.1, 0.15) is 24.1 Å². The molecule has 3 aromatic rings. The number of hydrogen-bond donors (Lipinski definition) is 1. The van der Waals surface area contributed by atoms with Crippen molar-refractivity contribution in [2.24, 2.45) is 5.92 Å². The lowest BCUT2D eigenvalue weighted by Crippen LogP contribution is -2.36. The molecule has 1 aliphatic heterocycles. The summed E-state index contributed by atoms with van der Waals surface area (Å²) in [5.41, 5.74) is 5.21. The number of aryl methyl sites for hydroxylation is 1. The molecule has 1 saturated heterocycles. The van der Waals surface area contributed by atoms with Crippen LogP contribution < -0.4 is 0 Å². The Balaban J connectivity index is 1.70. The van der Waals surface area contributed by atoms with Crippen LogP contribution in [0.25, 0.3) is 16.9 Å². The summed E-state index contributed by atoms with van der Waals surface area (Å²) in [5, 5.41) is 9.93. The fourth-order valence-corrected chi connectivity index (χ4v) is 3.92. The minimum atomic E-state index is -0.679. The molecule has 0 spiro atoms. The monoisotopic (exact) mass is 383 g/mol. The van der Waals surface area contributed by atoms with Gasteiger partial charge in [-0.05, 0) is 56.6 Å². The van der Waals surface area contributed by atoms with E-state index in [4.69, 9.17) is 16.6 Å². The van der Waals surface area contributed by atoms with Crippen LogP contribution in [0.5, 0.6) is 0 Å². The Morgan fingerprint density at radius 3 is 2.59 bits per heavy atom. The topological polar surface area (TPSA) is 57.8 Å². The van der Waals surface area contributed by atoms with Crippen LogP contribution in [-0.4, -0.2) is 38.4 Å². The Morgan fingerprint density at radius 1 is 1.22 bits per heavy atom. The zero-order chi connectivity index (χ0) is 19.0. The molecule has 5 nitrogen and oxygen atoms in total. The first-order chi connectivity index (χ1) is 13.0. The molecule has 3 heterocycles. The number of imidazole rings is 1. The number of halogens is 1. The van der Waals surface area contributed by atoms with E-state index in [0.29, 0.717) is 17.9 Å². The number of carboxylic acid groups (broad SMARTS) is 1. The van der Waals surface area contributed by atoms with Crippen molar-refractivity contribution in [2.75, 3.05) is 13.1 Å². The molecule has 1 aromatic carbocycles. The summed E-state index contributed by atoms with van der Waals surface area (Å²) in [6.07, 6.45) is 3.44. The van der Waals surface area contributed by atoms with Gasteiger partial charge < -0.3 is 9.51 Å². The van der Waals surface area contributed by atoms with Crippen LogP contribution in [0.2, 0.25) is 5.02 Å². The van der Waals surface area contributed by atoms with Gasteiger partial charge in [0.05, 0.1) is 17.3 Å². The number of nitrogens with zero attached hydrogens (tertiary/aromatic N) is 3. The van der Waals surface area contributed by atoms with E-state index in [9.17, 15) is 9.90 Å². The molecule has 6 heteroatoms. The van der Waals surface area contributed by atoms with Gasteiger partial charge in [0.2, 0.25) is 0 Å². The average molecular weight is 384 g/mol. The number of carboxylic acids is 1. The third-order valence-corrected chi connectivity index (χ3v) is 5.62. The third kappa shape index (κ3) is 3.57. The Morgan fingerprint density at radius 2 is 1.93 bits per heavy atom. The molecule has 27 heavy (non-hydrogen) atoms. The highest BCUT2D eigenvalue weighted by Gasteiger charge is 2.26. The maximum absolute atomic E-state index is 11.2. The highest BCUT2D eigenvalue weighted by atomic mass is 35.5. The van der Waals surface area contributed by atoms with E-state index in [1.807, 2.05) is 36.5 Å². The first kappa shape index (κ1) is 18.0. The average Bonchev–Trinajstić information content (AvgIpc) is 3.03. The van der Waals surface area contributed by atoms with E-state index in [1.165, 1.54) is 0 Å². The molecule has 0 bridgehead atoms. The summed E-state index contributed by atoms with van der Waals surface area (Å²) in [5.74, 6) is -0.900. The number of aliphatic carboxylic acids is 1. The fourth-order valence-electron chi connectivity index (χ4n) is 3.79. The van der Waals surface area contributed by atoms with Gasteiger partial charge in [-0.1, -0.05) is 29.8 Å². The van der Waals surface area contributed by atoms with E-state index in [0.717, 1.165) is 47.8 Å². The molecule has 1 aliphatic rings.